The van der Waals surface area contributed by atoms with Gasteiger partial charge in [-0.05, 0) is 47.5 Å². The third kappa shape index (κ3) is 12.9. The minimum Gasteiger partial charge on any atom is 0 e. The van der Waals surface area contributed by atoms with Crippen molar-refractivity contribution in [2.45, 2.75) is 38.4 Å². The zero-order valence-electron chi connectivity index (χ0n) is 16.0. The molecule has 2 rings (SSSR count). The number of hydrogen-bond acceptors (Lipinski definition) is 2. The fraction of sp³-hybridized carbons (Fsp3) is 0.579. The van der Waals surface area contributed by atoms with Gasteiger partial charge in [0.25, 0.3) is 0 Å². The number of terminal acetylenes is 1. The first-order valence-corrected chi connectivity index (χ1v) is 9.18. The Labute approximate surface area is 202 Å². The number of hydrogen-bond donors (Lipinski definition) is 0. The molecule has 0 saturated heterocycles. The molecule has 0 spiro atoms. The van der Waals surface area contributed by atoms with Gasteiger partial charge in [0.1, 0.15) is 0 Å². The van der Waals surface area contributed by atoms with Crippen molar-refractivity contribution < 1.29 is 61.5 Å². The van der Waals surface area contributed by atoms with Crippen molar-refractivity contribution in [3.63, 3.8) is 0 Å². The van der Waals surface area contributed by atoms with E-state index in [-0.39, 0.29) is 33.6 Å². The van der Waals surface area contributed by atoms with E-state index in [4.69, 9.17) is 34.3 Å². The molecule has 2 radical (unpaired) electrons. The topological polar surface area (TPSA) is 119 Å². The summed E-state index contributed by atoms with van der Waals surface area (Å²) in [5.41, 5.74) is 1.01. The first-order valence-electron chi connectivity index (χ1n) is 6.91. The standard InChI is InChI=1S/C13H20S2.6CO.2Co/c1-5-15-11-8-10-6-7-13(11,9-14-4)12(10,2)3;6*1-2;;/h1,10-11H,6-9H2,2-4H3;;;;;;;;/t10-,11+,13-;;;;;;;;/m0......../s1. The van der Waals surface area contributed by atoms with E-state index >= 15 is 0 Å². The first kappa shape index (κ1) is 46.8. The molecule has 0 aromatic heterocycles. The number of thioether (sulfide) groups is 2. The van der Waals surface area contributed by atoms with Gasteiger partial charge in [-0.15, -0.1) is 6.42 Å². The summed E-state index contributed by atoms with van der Waals surface area (Å²) in [4.78, 5) is 0. The maximum Gasteiger partial charge on any atom is 0 e. The normalized spacial score (nSPS) is 22.0. The predicted molar refractivity (Wildman–Crippen MR) is 95.7 cm³/mol. The van der Waals surface area contributed by atoms with E-state index in [9.17, 15) is 0 Å². The Hall–Kier alpha value is -0.287. The van der Waals surface area contributed by atoms with Crippen LogP contribution >= 0.6 is 23.5 Å². The predicted octanol–water partition coefficient (Wildman–Crippen LogP) is 3.64. The summed E-state index contributed by atoms with van der Waals surface area (Å²) < 4.78 is 45.0. The summed E-state index contributed by atoms with van der Waals surface area (Å²) in [6, 6.07) is 0. The van der Waals surface area contributed by atoms with Crippen LogP contribution in [0.15, 0.2) is 0 Å². The summed E-state index contributed by atoms with van der Waals surface area (Å²) >= 11 is 3.76. The fourth-order valence-electron chi connectivity index (χ4n) is 3.85. The number of rotatable bonds is 3. The van der Waals surface area contributed by atoms with E-state index < -0.39 is 0 Å². The second-order valence-corrected chi connectivity index (χ2v) is 7.41. The van der Waals surface area contributed by atoms with Crippen molar-refractivity contribution in [3.05, 3.63) is 39.9 Å². The van der Waals surface area contributed by atoms with Gasteiger partial charge in [-0.25, -0.2) is 0 Å². The fourth-order valence-corrected chi connectivity index (χ4v) is 6.41. The van der Waals surface area contributed by atoms with Crippen LogP contribution in [0.4, 0.5) is 0 Å². The van der Waals surface area contributed by atoms with Crippen LogP contribution in [0.1, 0.15) is 33.1 Å². The van der Waals surface area contributed by atoms with Crippen LogP contribution in [0.5, 0.6) is 0 Å². The van der Waals surface area contributed by atoms with E-state index in [1.165, 1.54) is 25.0 Å². The molecule has 0 unspecified atom stereocenters. The van der Waals surface area contributed by atoms with Gasteiger partial charge in [0, 0.05) is 44.6 Å². The molecule has 3 atom stereocenters. The van der Waals surface area contributed by atoms with Gasteiger partial charge >= 0.3 is 67.8 Å². The molecule has 0 N–H and O–H groups in total. The van der Waals surface area contributed by atoms with Gasteiger partial charge in [0.2, 0.25) is 0 Å². The second kappa shape index (κ2) is 32.4. The van der Waals surface area contributed by atoms with Gasteiger partial charge in [0.05, 0.1) is 0 Å². The third-order valence-electron chi connectivity index (χ3n) is 4.97. The second-order valence-electron chi connectivity index (χ2n) is 5.51. The maximum atomic E-state index is 7.50. The Morgan fingerprint density at radius 2 is 1.28 bits per heavy atom. The molecular formula is C19H20Co2O6S2. The summed E-state index contributed by atoms with van der Waals surface area (Å²) in [7, 11) is 0. The first-order chi connectivity index (χ1) is 13.1. The smallest absolute Gasteiger partial charge is 0 e. The SMILES string of the molecule is C#CS[C@@H]1C[C@@H]2CC[C@@]1(CSC)C2(C)C.[C-]#[O+].[C-]#[O+].[C-]#[O+].[C-]#[O+].[C-]#[O+].[C-]#[O+].[Co].[Co]. The quantitative estimate of drug-likeness (QED) is 0.317. The van der Waals surface area contributed by atoms with Gasteiger partial charge in [-0.1, -0.05) is 25.6 Å². The Balaban J connectivity index is -0.0000000601. The summed E-state index contributed by atoms with van der Waals surface area (Å²) in [5.74, 6) is 2.20. The molecule has 2 aliphatic rings. The largest absolute Gasteiger partial charge is 0 e. The van der Waals surface area contributed by atoms with Crippen molar-refractivity contribution in [3.8, 4) is 11.7 Å². The van der Waals surface area contributed by atoms with Crippen molar-refractivity contribution in [1.29, 1.82) is 0 Å². The van der Waals surface area contributed by atoms with E-state index in [2.05, 4.69) is 65.3 Å². The van der Waals surface area contributed by atoms with Crippen molar-refractivity contribution in [2.24, 2.45) is 16.7 Å². The van der Waals surface area contributed by atoms with Crippen LogP contribution in [-0.2, 0) is 61.5 Å². The average molecular weight is 526 g/mol. The number of fused-ring (bicyclic) bond motifs is 2. The molecule has 29 heavy (non-hydrogen) atoms. The molecule has 10 heteroatoms. The van der Waals surface area contributed by atoms with Crippen LogP contribution in [0.2, 0.25) is 0 Å². The van der Waals surface area contributed by atoms with Crippen LogP contribution < -0.4 is 0 Å². The Morgan fingerprint density at radius 1 is 0.897 bits per heavy atom. The molecule has 162 valence electrons. The van der Waals surface area contributed by atoms with Crippen molar-refractivity contribution >= 4 is 23.5 Å². The molecule has 0 aromatic rings. The zero-order valence-corrected chi connectivity index (χ0v) is 19.7. The summed E-state index contributed by atoms with van der Waals surface area (Å²) in [6.07, 6.45) is 11.9. The summed E-state index contributed by atoms with van der Waals surface area (Å²) in [5, 5.41) is 3.53. The van der Waals surface area contributed by atoms with Gasteiger partial charge in [0.15, 0.2) is 0 Å². The molecule has 6 nitrogen and oxygen atoms in total. The molecule has 2 aliphatic carbocycles. The summed E-state index contributed by atoms with van der Waals surface area (Å²) in [6.45, 7) is 31.9. The van der Waals surface area contributed by atoms with Gasteiger partial charge in [-0.2, -0.15) is 11.8 Å². The Bertz CT molecular complexity index is 488. The van der Waals surface area contributed by atoms with Crippen LogP contribution in [-0.4, -0.2) is 17.3 Å². The Kier molecular flexibility index (Phi) is 52.2. The monoisotopic (exact) mass is 526 g/mol. The zero-order chi connectivity index (χ0) is 23.1. The van der Waals surface area contributed by atoms with Crippen molar-refractivity contribution in [1.82, 2.24) is 0 Å². The van der Waals surface area contributed by atoms with Crippen LogP contribution in [0, 0.1) is 68.3 Å². The molecule has 2 saturated carbocycles. The van der Waals surface area contributed by atoms with Gasteiger partial charge in [-0.3, -0.25) is 0 Å². The Morgan fingerprint density at radius 3 is 1.55 bits per heavy atom. The van der Waals surface area contributed by atoms with E-state index in [0.29, 0.717) is 16.1 Å². The molecule has 0 heterocycles. The molecule has 0 aromatic carbocycles. The van der Waals surface area contributed by atoms with Crippen molar-refractivity contribution in [2.75, 3.05) is 12.0 Å². The van der Waals surface area contributed by atoms with E-state index in [1.807, 2.05) is 11.8 Å². The minimum absolute atomic E-state index is 0. The molecule has 0 amide bonds. The molecular weight excluding hydrogens is 506 g/mol. The van der Waals surface area contributed by atoms with Gasteiger partial charge < -0.3 is 0 Å². The molecule has 2 fully saturated rings. The van der Waals surface area contributed by atoms with E-state index in [1.54, 1.807) is 11.8 Å². The maximum absolute atomic E-state index is 7.50. The average Bonchev–Trinajstić information content (AvgIpc) is 3.13. The third-order valence-corrected chi connectivity index (χ3v) is 6.84. The minimum atomic E-state index is 0. The van der Waals surface area contributed by atoms with Crippen LogP contribution in [0.3, 0.4) is 0 Å². The molecule has 0 aliphatic heterocycles. The van der Waals surface area contributed by atoms with Crippen LogP contribution in [0.25, 0.3) is 0 Å². The van der Waals surface area contributed by atoms with E-state index in [0.717, 1.165) is 5.92 Å². The molecule has 2 bridgehead atoms.